The fraction of sp³-hybridized carbons (Fsp3) is 0.286. The highest BCUT2D eigenvalue weighted by molar-refractivity contribution is 8.00. The molecule has 0 aliphatic carbocycles. The maximum Gasteiger partial charge on any atom is 0.253 e. The molecule has 2 aromatic heterocycles. The second-order valence-corrected chi connectivity index (χ2v) is 8.55. The standard InChI is InChI=1S/C14H11N5O3S4/c20-8(1-6-2-24-4-15-6)17-9-12(21)19-10(14(22)23)7(3-25-13(9)19)11-18-16-5-26-11/h2,4-5,9,13H,1,3H2,(H,17,20)(H,22,23)/t9-,13-/m1/s1. The lowest BCUT2D eigenvalue weighted by Crippen LogP contribution is -2.70. The number of carbonyl (C=O) groups is 3. The Kier molecular flexibility index (Phi) is 4.82. The molecule has 0 radical (unpaired) electrons. The number of aromatic nitrogens is 3. The smallest absolute Gasteiger partial charge is 0.253 e. The Morgan fingerprint density at radius 2 is 2.23 bits per heavy atom. The first-order chi connectivity index (χ1) is 12.6. The van der Waals surface area contributed by atoms with Gasteiger partial charge >= 0.3 is 0 Å². The minimum absolute atomic E-state index is 0.120. The van der Waals surface area contributed by atoms with Gasteiger partial charge in [-0.2, -0.15) is 0 Å². The molecule has 2 aromatic rings. The summed E-state index contributed by atoms with van der Waals surface area (Å²) in [4.78, 5) is 42.3. The van der Waals surface area contributed by atoms with Gasteiger partial charge < -0.3 is 5.32 Å². The van der Waals surface area contributed by atoms with Crippen molar-refractivity contribution >= 4 is 69.6 Å². The van der Waals surface area contributed by atoms with Crippen molar-refractivity contribution in [2.24, 2.45) is 0 Å². The lowest BCUT2D eigenvalue weighted by molar-refractivity contribution is -0.146. The molecule has 1 N–H and O–H groups in total. The van der Waals surface area contributed by atoms with E-state index in [9.17, 15) is 14.4 Å². The minimum Gasteiger partial charge on any atom is -0.341 e. The van der Waals surface area contributed by atoms with Crippen LogP contribution in [0.15, 0.2) is 22.1 Å². The number of hydrogen-bond donors (Lipinski definition) is 2. The summed E-state index contributed by atoms with van der Waals surface area (Å²) in [5.74, 6) is -0.107. The average Bonchev–Trinajstić information content (AvgIpc) is 3.32. The number of rotatable bonds is 5. The second kappa shape index (κ2) is 7.10. The molecule has 26 heavy (non-hydrogen) atoms. The molecule has 2 atom stereocenters. The Balaban J connectivity index is 1.52. The van der Waals surface area contributed by atoms with E-state index in [4.69, 9.17) is 0 Å². The van der Waals surface area contributed by atoms with E-state index < -0.39 is 11.2 Å². The fourth-order valence-corrected chi connectivity index (χ4v) is 5.64. The molecule has 4 heterocycles. The Morgan fingerprint density at radius 3 is 2.88 bits per heavy atom. The number of thioether (sulfide) groups is 1. The summed E-state index contributed by atoms with van der Waals surface area (Å²) in [6.07, 6.45) is 0.120. The Labute approximate surface area is 165 Å². The third-order valence-corrected chi connectivity index (χ3v) is 6.81. The first-order valence-corrected chi connectivity index (χ1v) is 10.7. The number of hydrogen-bond acceptors (Lipinski definition) is 9. The Hall–Kier alpha value is -1.76. The van der Waals surface area contributed by atoms with E-state index in [1.54, 1.807) is 16.4 Å². The summed E-state index contributed by atoms with van der Waals surface area (Å²) in [6, 6.07) is -0.662. The molecule has 134 valence electrons. The number of nitrogens with zero attached hydrogens (tertiary/aromatic N) is 4. The molecular weight excluding hydrogens is 414 g/mol. The highest BCUT2D eigenvalue weighted by Gasteiger charge is 2.54. The Bertz CT molecular complexity index is 896. The van der Waals surface area contributed by atoms with Gasteiger partial charge in [-0.3, -0.25) is 19.3 Å². The number of thiol groups is 1. The van der Waals surface area contributed by atoms with Gasteiger partial charge in [-0.15, -0.1) is 44.6 Å². The number of carbonyl (C=O) groups excluding carboxylic acids is 3. The van der Waals surface area contributed by atoms with Gasteiger partial charge in [-0.25, -0.2) is 4.98 Å². The van der Waals surface area contributed by atoms with Gasteiger partial charge in [0.1, 0.15) is 27.6 Å². The molecule has 0 spiro atoms. The summed E-state index contributed by atoms with van der Waals surface area (Å²) in [5, 5.41) is 12.1. The highest BCUT2D eigenvalue weighted by atomic mass is 32.2. The Morgan fingerprint density at radius 1 is 1.38 bits per heavy atom. The van der Waals surface area contributed by atoms with E-state index in [-0.39, 0.29) is 29.3 Å². The van der Waals surface area contributed by atoms with Crippen LogP contribution in [0.3, 0.4) is 0 Å². The van der Waals surface area contributed by atoms with Crippen LogP contribution in [-0.4, -0.2) is 54.2 Å². The van der Waals surface area contributed by atoms with Crippen LogP contribution in [0.4, 0.5) is 0 Å². The number of β-lactam (4-membered cyclic amide) rings is 1. The van der Waals surface area contributed by atoms with E-state index in [1.807, 2.05) is 0 Å². The molecule has 12 heteroatoms. The lowest BCUT2D eigenvalue weighted by Gasteiger charge is -2.49. The summed E-state index contributed by atoms with van der Waals surface area (Å²) >= 11 is 8.11. The first kappa shape index (κ1) is 17.6. The van der Waals surface area contributed by atoms with Crippen molar-refractivity contribution in [3.05, 3.63) is 32.8 Å². The summed E-state index contributed by atoms with van der Waals surface area (Å²) < 4.78 is 0. The molecule has 8 nitrogen and oxygen atoms in total. The average molecular weight is 426 g/mol. The topological polar surface area (TPSA) is 105 Å². The van der Waals surface area contributed by atoms with E-state index in [0.717, 1.165) is 0 Å². The van der Waals surface area contributed by atoms with Crippen LogP contribution in [0, 0.1) is 0 Å². The van der Waals surface area contributed by atoms with Crippen molar-refractivity contribution in [2.45, 2.75) is 17.8 Å². The number of fused-ring (bicyclic) bond motifs is 1. The van der Waals surface area contributed by atoms with Crippen LogP contribution >= 0.6 is 47.1 Å². The molecular formula is C14H11N5O3S4. The second-order valence-electron chi connectivity index (χ2n) is 5.49. The van der Waals surface area contributed by atoms with Crippen LogP contribution in [-0.2, 0) is 20.8 Å². The zero-order valence-electron chi connectivity index (χ0n) is 13.0. The van der Waals surface area contributed by atoms with Crippen molar-refractivity contribution in [1.82, 2.24) is 25.4 Å². The van der Waals surface area contributed by atoms with Gasteiger partial charge in [0, 0.05) is 16.7 Å². The largest absolute Gasteiger partial charge is 0.341 e. The maximum atomic E-state index is 12.6. The number of nitrogens with one attached hydrogen (secondary N) is 1. The zero-order valence-corrected chi connectivity index (χ0v) is 16.3. The highest BCUT2D eigenvalue weighted by Crippen LogP contribution is 2.43. The van der Waals surface area contributed by atoms with E-state index in [1.165, 1.54) is 39.3 Å². The first-order valence-electron chi connectivity index (χ1n) is 7.40. The molecule has 0 unspecified atom stereocenters. The third-order valence-electron chi connectivity index (χ3n) is 3.93. The monoisotopic (exact) mass is 425 g/mol. The van der Waals surface area contributed by atoms with Gasteiger partial charge in [0.05, 0.1) is 17.6 Å². The molecule has 1 saturated heterocycles. The van der Waals surface area contributed by atoms with Crippen molar-refractivity contribution in [3.8, 4) is 0 Å². The predicted octanol–water partition coefficient (Wildman–Crippen LogP) is 0.805. The number of thiazole rings is 1. The van der Waals surface area contributed by atoms with Crippen molar-refractivity contribution in [2.75, 3.05) is 5.75 Å². The van der Waals surface area contributed by atoms with Crippen LogP contribution in [0.5, 0.6) is 0 Å². The van der Waals surface area contributed by atoms with Crippen LogP contribution in [0.25, 0.3) is 5.57 Å². The van der Waals surface area contributed by atoms with Crippen LogP contribution in [0.1, 0.15) is 10.7 Å². The van der Waals surface area contributed by atoms with Gasteiger partial charge in [0.25, 0.3) is 5.91 Å². The van der Waals surface area contributed by atoms with Crippen molar-refractivity contribution in [3.63, 3.8) is 0 Å². The maximum absolute atomic E-state index is 12.6. The molecule has 0 aromatic carbocycles. The normalized spacial score (nSPS) is 22.0. The van der Waals surface area contributed by atoms with Gasteiger partial charge in [0.15, 0.2) is 0 Å². The predicted molar refractivity (Wildman–Crippen MR) is 102 cm³/mol. The summed E-state index contributed by atoms with van der Waals surface area (Å²) in [6.45, 7) is 0. The quantitative estimate of drug-likeness (QED) is 0.539. The zero-order chi connectivity index (χ0) is 18.3. The molecule has 2 aliphatic rings. The molecule has 2 aliphatic heterocycles. The van der Waals surface area contributed by atoms with E-state index >= 15 is 0 Å². The third kappa shape index (κ3) is 3.06. The number of amides is 2. The van der Waals surface area contributed by atoms with Gasteiger partial charge in [-0.1, -0.05) is 12.6 Å². The molecule has 1 fully saturated rings. The minimum atomic E-state index is -0.662. The van der Waals surface area contributed by atoms with E-state index in [2.05, 4.69) is 33.1 Å². The van der Waals surface area contributed by atoms with Crippen LogP contribution in [0.2, 0.25) is 0 Å². The van der Waals surface area contributed by atoms with Crippen molar-refractivity contribution < 1.29 is 14.4 Å². The molecule has 0 bridgehead atoms. The SMILES string of the molecule is O=C(Cc1cscn1)N[C@@H]1C(=O)N2C(C(=O)S)=C(c3nncs3)CS[C@H]12. The molecule has 2 amide bonds. The van der Waals surface area contributed by atoms with E-state index in [0.29, 0.717) is 22.0 Å². The summed E-state index contributed by atoms with van der Waals surface area (Å²) in [7, 11) is 0. The molecule has 4 rings (SSSR count). The lowest BCUT2D eigenvalue weighted by atomic mass is 10.0. The van der Waals surface area contributed by atoms with Crippen molar-refractivity contribution in [1.29, 1.82) is 0 Å². The van der Waals surface area contributed by atoms with Gasteiger partial charge in [-0.05, 0) is 0 Å². The fourth-order valence-electron chi connectivity index (χ4n) is 2.80. The summed E-state index contributed by atoms with van der Waals surface area (Å²) in [5.41, 5.74) is 4.76. The van der Waals surface area contributed by atoms with Gasteiger partial charge in [0.2, 0.25) is 11.0 Å². The molecule has 0 saturated carbocycles. The van der Waals surface area contributed by atoms with Crippen LogP contribution < -0.4 is 5.32 Å².